The first-order valence-corrected chi connectivity index (χ1v) is 9.50. The van der Waals surface area contributed by atoms with Crippen LogP contribution >= 0.6 is 0 Å². The summed E-state index contributed by atoms with van der Waals surface area (Å²) in [7, 11) is 0. The van der Waals surface area contributed by atoms with Gasteiger partial charge in [0.15, 0.2) is 0 Å². The fourth-order valence-corrected chi connectivity index (χ4v) is 4.81. The molecule has 6 rings (SSSR count). The Morgan fingerprint density at radius 3 is 2.60 bits per heavy atom. The zero-order chi connectivity index (χ0) is 16.6. The quantitative estimate of drug-likeness (QED) is 0.683. The highest BCUT2D eigenvalue weighted by molar-refractivity contribution is 5.81. The van der Waals surface area contributed by atoms with Crippen LogP contribution in [0.25, 0.3) is 10.9 Å². The van der Waals surface area contributed by atoms with Gasteiger partial charge in [0.1, 0.15) is 0 Å². The predicted molar refractivity (Wildman–Crippen MR) is 103 cm³/mol. The molecule has 126 valence electrons. The lowest BCUT2D eigenvalue weighted by molar-refractivity contribution is 0.0942. The Kier molecular flexibility index (Phi) is 3.79. The number of hydrogen-bond donors (Lipinski definition) is 0. The van der Waals surface area contributed by atoms with Gasteiger partial charge in [0.25, 0.3) is 0 Å². The topological polar surface area (TPSA) is 16.1 Å². The Morgan fingerprint density at radius 2 is 1.68 bits per heavy atom. The third-order valence-corrected chi connectivity index (χ3v) is 6.11. The number of nitrogens with zero attached hydrogens (tertiary/aromatic N) is 2. The van der Waals surface area contributed by atoms with Crippen LogP contribution in [0.15, 0.2) is 60.8 Å². The SMILES string of the molecule is c1ccc2c(c1)C[C@H]1CC[C@@H](C2)N(Cc2ccnc3ccccc23)C1. The zero-order valence-corrected chi connectivity index (χ0v) is 14.6. The van der Waals surface area contributed by atoms with Gasteiger partial charge in [-0.15, -0.1) is 0 Å². The van der Waals surface area contributed by atoms with Gasteiger partial charge in [-0.05, 0) is 60.4 Å². The minimum Gasteiger partial charge on any atom is -0.295 e. The van der Waals surface area contributed by atoms with Gasteiger partial charge in [-0.1, -0.05) is 42.5 Å². The molecule has 25 heavy (non-hydrogen) atoms. The number of benzene rings is 2. The number of piperidine rings is 1. The van der Waals surface area contributed by atoms with E-state index >= 15 is 0 Å². The summed E-state index contributed by atoms with van der Waals surface area (Å²) in [5.74, 6) is 0.797. The molecular weight excluding hydrogens is 304 g/mol. The van der Waals surface area contributed by atoms with Crippen LogP contribution in [0.3, 0.4) is 0 Å². The average Bonchev–Trinajstić information content (AvgIpc) is 2.63. The highest BCUT2D eigenvalue weighted by Gasteiger charge is 2.31. The van der Waals surface area contributed by atoms with Crippen molar-refractivity contribution in [3.05, 3.63) is 77.5 Å². The highest BCUT2D eigenvalue weighted by Crippen LogP contribution is 2.33. The predicted octanol–water partition coefficient (Wildman–Crippen LogP) is 4.61. The van der Waals surface area contributed by atoms with E-state index in [1.165, 1.54) is 43.2 Å². The maximum Gasteiger partial charge on any atom is 0.0705 e. The first-order chi connectivity index (χ1) is 12.4. The van der Waals surface area contributed by atoms with E-state index in [2.05, 4.69) is 64.5 Å². The summed E-state index contributed by atoms with van der Waals surface area (Å²) in [4.78, 5) is 7.27. The van der Waals surface area contributed by atoms with E-state index < -0.39 is 0 Å². The van der Waals surface area contributed by atoms with Crippen LogP contribution in [0, 0.1) is 5.92 Å². The summed E-state index contributed by atoms with van der Waals surface area (Å²) < 4.78 is 0. The Hall–Kier alpha value is -2.19. The van der Waals surface area contributed by atoms with Gasteiger partial charge in [0, 0.05) is 30.7 Å². The second-order valence-electron chi connectivity index (χ2n) is 7.69. The Labute approximate surface area is 149 Å². The number of para-hydroxylation sites is 1. The van der Waals surface area contributed by atoms with E-state index in [9.17, 15) is 0 Å². The van der Waals surface area contributed by atoms with E-state index in [-0.39, 0.29) is 0 Å². The molecule has 1 saturated heterocycles. The lowest BCUT2D eigenvalue weighted by Crippen LogP contribution is -2.46. The van der Waals surface area contributed by atoms with Crippen LogP contribution < -0.4 is 0 Å². The molecule has 2 aromatic carbocycles. The normalized spacial score (nSPS) is 23.2. The van der Waals surface area contributed by atoms with Gasteiger partial charge < -0.3 is 0 Å². The fourth-order valence-electron chi connectivity index (χ4n) is 4.81. The molecule has 2 nitrogen and oxygen atoms in total. The Morgan fingerprint density at radius 1 is 0.880 bits per heavy atom. The van der Waals surface area contributed by atoms with Crippen LogP contribution in [-0.4, -0.2) is 22.5 Å². The molecule has 0 spiro atoms. The van der Waals surface area contributed by atoms with Gasteiger partial charge in [-0.25, -0.2) is 0 Å². The molecule has 2 bridgehead atoms. The second kappa shape index (κ2) is 6.27. The fraction of sp³-hybridized carbons (Fsp3) is 0.348. The molecule has 2 atom stereocenters. The molecular formula is C23H24N2. The summed E-state index contributed by atoms with van der Waals surface area (Å²) in [6.45, 7) is 2.28. The number of fused-ring (bicyclic) bond motifs is 3. The van der Waals surface area contributed by atoms with Crippen LogP contribution in [0.5, 0.6) is 0 Å². The molecule has 0 unspecified atom stereocenters. The summed E-state index contributed by atoms with van der Waals surface area (Å²) in [5, 5.41) is 1.31. The molecule has 0 saturated carbocycles. The van der Waals surface area contributed by atoms with E-state index in [4.69, 9.17) is 0 Å². The molecule has 2 aliphatic heterocycles. The van der Waals surface area contributed by atoms with Gasteiger partial charge in [-0.3, -0.25) is 9.88 Å². The van der Waals surface area contributed by atoms with Gasteiger partial charge in [0.05, 0.1) is 5.52 Å². The van der Waals surface area contributed by atoms with E-state index in [0.717, 1.165) is 18.0 Å². The lowest BCUT2D eigenvalue weighted by atomic mass is 9.80. The molecule has 0 amide bonds. The minimum atomic E-state index is 0.671. The number of rotatable bonds is 2. The molecule has 1 aliphatic carbocycles. The summed E-state index contributed by atoms with van der Waals surface area (Å²) in [6.07, 6.45) is 7.13. The largest absolute Gasteiger partial charge is 0.295 e. The van der Waals surface area contributed by atoms with Gasteiger partial charge in [-0.2, -0.15) is 0 Å². The molecule has 1 aromatic heterocycles. The average molecular weight is 328 g/mol. The third kappa shape index (κ3) is 2.85. The Balaban J connectivity index is 1.47. The van der Waals surface area contributed by atoms with E-state index in [1.807, 2.05) is 6.20 Å². The monoisotopic (exact) mass is 328 g/mol. The van der Waals surface area contributed by atoms with E-state index in [1.54, 1.807) is 11.1 Å². The van der Waals surface area contributed by atoms with Crippen molar-refractivity contribution in [3.8, 4) is 0 Å². The number of aromatic nitrogens is 1. The van der Waals surface area contributed by atoms with Crippen molar-refractivity contribution < 1.29 is 0 Å². The first kappa shape index (κ1) is 15.1. The van der Waals surface area contributed by atoms with Crippen molar-refractivity contribution in [1.29, 1.82) is 0 Å². The van der Waals surface area contributed by atoms with Gasteiger partial charge in [0.2, 0.25) is 0 Å². The maximum absolute atomic E-state index is 4.53. The third-order valence-electron chi connectivity index (χ3n) is 6.11. The van der Waals surface area contributed by atoms with Crippen LogP contribution in [0.4, 0.5) is 0 Å². The smallest absolute Gasteiger partial charge is 0.0705 e. The second-order valence-corrected chi connectivity index (χ2v) is 7.69. The van der Waals surface area contributed by atoms with Crippen molar-refractivity contribution in [1.82, 2.24) is 9.88 Å². The van der Waals surface area contributed by atoms with Crippen molar-refractivity contribution in [2.75, 3.05) is 6.54 Å². The van der Waals surface area contributed by atoms with Crippen molar-refractivity contribution in [3.63, 3.8) is 0 Å². The molecule has 0 radical (unpaired) electrons. The van der Waals surface area contributed by atoms with Crippen LogP contribution in [0.2, 0.25) is 0 Å². The number of pyridine rings is 1. The van der Waals surface area contributed by atoms with Crippen LogP contribution in [-0.2, 0) is 19.4 Å². The molecule has 2 heteroatoms. The highest BCUT2D eigenvalue weighted by atomic mass is 15.2. The molecule has 0 N–H and O–H groups in total. The minimum absolute atomic E-state index is 0.671. The zero-order valence-electron chi connectivity index (χ0n) is 14.6. The standard InChI is InChI=1S/C23H24N2/c1-2-6-19-14-21-10-9-17(13-18(19)5-1)15-25(21)16-20-11-12-24-23-8-4-3-7-22(20)23/h1-8,11-12,17,21H,9-10,13-16H2/t17-,21+/m1/s1. The summed E-state index contributed by atoms with van der Waals surface area (Å²) in [5.41, 5.74) is 5.69. The van der Waals surface area contributed by atoms with Crippen molar-refractivity contribution in [2.45, 2.75) is 38.3 Å². The first-order valence-electron chi connectivity index (χ1n) is 9.50. The maximum atomic E-state index is 4.53. The number of hydrogen-bond acceptors (Lipinski definition) is 2. The van der Waals surface area contributed by atoms with E-state index in [0.29, 0.717) is 6.04 Å². The summed E-state index contributed by atoms with van der Waals surface area (Å²) >= 11 is 0. The van der Waals surface area contributed by atoms with Gasteiger partial charge >= 0.3 is 0 Å². The molecule has 3 heterocycles. The molecule has 3 aromatic rings. The summed E-state index contributed by atoms with van der Waals surface area (Å²) in [6, 6.07) is 20.5. The lowest BCUT2D eigenvalue weighted by Gasteiger charge is -2.42. The Bertz CT molecular complexity index is 896. The molecule has 1 fully saturated rings. The van der Waals surface area contributed by atoms with Crippen molar-refractivity contribution >= 4 is 10.9 Å². The van der Waals surface area contributed by atoms with Crippen molar-refractivity contribution in [2.24, 2.45) is 5.92 Å². The van der Waals surface area contributed by atoms with Crippen LogP contribution in [0.1, 0.15) is 29.5 Å². The molecule has 3 aliphatic rings.